The van der Waals surface area contributed by atoms with Gasteiger partial charge in [-0.3, -0.25) is 14.5 Å². The topological polar surface area (TPSA) is 98.8 Å². The van der Waals surface area contributed by atoms with E-state index in [4.69, 9.17) is 11.6 Å². The highest BCUT2D eigenvalue weighted by Crippen LogP contribution is 2.20. The lowest BCUT2D eigenvalue weighted by atomic mass is 10.2. The number of hydrogen-bond acceptors (Lipinski definition) is 5. The third-order valence-electron chi connectivity index (χ3n) is 5.03. The maximum Gasteiger partial charge on any atom is 0.244 e. The highest BCUT2D eigenvalue weighted by atomic mass is 35.5. The molecular weight excluding hydrogens is 459 g/mol. The van der Waals surface area contributed by atoms with E-state index in [1.807, 2.05) is 4.90 Å². The van der Waals surface area contributed by atoms with Crippen LogP contribution < -0.4 is 10.0 Å². The van der Waals surface area contributed by atoms with Gasteiger partial charge in [0.15, 0.2) is 0 Å². The number of anilines is 1. The van der Waals surface area contributed by atoms with Crippen molar-refractivity contribution in [1.82, 2.24) is 14.5 Å². The lowest BCUT2D eigenvalue weighted by molar-refractivity contribution is -0.134. The molecule has 0 unspecified atom stereocenters. The Hall–Kier alpha value is -2.53. The summed E-state index contributed by atoms with van der Waals surface area (Å²) in [6.07, 6.45) is 0. The maximum absolute atomic E-state index is 13.8. The first-order chi connectivity index (χ1) is 15.2. The largest absolute Gasteiger partial charge is 0.339 e. The minimum atomic E-state index is -4.18. The van der Waals surface area contributed by atoms with Gasteiger partial charge in [0, 0.05) is 26.2 Å². The Balaban J connectivity index is 1.50. The normalized spacial score (nSPS) is 15.9. The summed E-state index contributed by atoms with van der Waals surface area (Å²) in [6.45, 7) is 3.14. The summed E-state index contributed by atoms with van der Waals surface area (Å²) in [7, 11) is -4.18. The van der Waals surface area contributed by atoms with Crippen molar-refractivity contribution in [3.63, 3.8) is 0 Å². The van der Waals surface area contributed by atoms with Crippen molar-refractivity contribution >= 4 is 39.1 Å². The number of amides is 2. The first-order valence-corrected chi connectivity index (χ1v) is 11.9. The molecular formula is C21H24ClFN4O4S. The van der Waals surface area contributed by atoms with Gasteiger partial charge in [-0.2, -0.15) is 4.72 Å². The molecule has 172 valence electrons. The van der Waals surface area contributed by atoms with E-state index in [9.17, 15) is 22.4 Å². The van der Waals surface area contributed by atoms with Crippen molar-refractivity contribution < 1.29 is 22.4 Å². The van der Waals surface area contributed by atoms with Crippen LogP contribution in [0.4, 0.5) is 10.1 Å². The van der Waals surface area contributed by atoms with Gasteiger partial charge in [0.05, 0.1) is 23.3 Å². The van der Waals surface area contributed by atoms with Crippen LogP contribution in [0.1, 0.15) is 6.92 Å². The number of carbonyl (C=O) groups is 2. The average Bonchev–Trinajstić information content (AvgIpc) is 2.75. The Kier molecular flexibility index (Phi) is 7.83. The molecule has 32 heavy (non-hydrogen) atoms. The number of piperazine rings is 1. The smallest absolute Gasteiger partial charge is 0.244 e. The predicted octanol–water partition coefficient (Wildman–Crippen LogP) is 1.93. The minimum absolute atomic E-state index is 0.142. The zero-order chi connectivity index (χ0) is 23.3. The molecule has 1 aliphatic heterocycles. The van der Waals surface area contributed by atoms with E-state index < -0.39 is 32.7 Å². The molecule has 11 heteroatoms. The van der Waals surface area contributed by atoms with Gasteiger partial charge < -0.3 is 10.2 Å². The summed E-state index contributed by atoms with van der Waals surface area (Å²) in [5.41, 5.74) is 0.531. The van der Waals surface area contributed by atoms with E-state index >= 15 is 0 Å². The minimum Gasteiger partial charge on any atom is -0.339 e. The van der Waals surface area contributed by atoms with Crippen LogP contribution in [0.5, 0.6) is 0 Å². The van der Waals surface area contributed by atoms with E-state index in [2.05, 4.69) is 10.0 Å². The molecule has 8 nitrogen and oxygen atoms in total. The number of nitrogens with one attached hydrogen (secondary N) is 2. The van der Waals surface area contributed by atoms with Gasteiger partial charge in [-0.1, -0.05) is 35.9 Å². The molecule has 2 amide bonds. The van der Waals surface area contributed by atoms with Crippen molar-refractivity contribution in [2.45, 2.75) is 17.9 Å². The summed E-state index contributed by atoms with van der Waals surface area (Å²) in [5, 5.41) is 3.20. The standard InChI is InChI=1S/C21H24ClFN4O4S/c1-15(25-32(30,31)19-9-5-3-7-17(19)23)21(29)27-12-10-26(11-13-27)14-20(28)24-18-8-4-2-6-16(18)22/h2-9,15,25H,10-14H2,1H3,(H,24,28)/t15-/m0/s1. The van der Waals surface area contributed by atoms with Crippen LogP contribution in [0.25, 0.3) is 0 Å². The van der Waals surface area contributed by atoms with Crippen molar-refractivity contribution in [2.24, 2.45) is 0 Å². The van der Waals surface area contributed by atoms with Crippen LogP contribution in [0, 0.1) is 5.82 Å². The molecule has 0 radical (unpaired) electrons. The fourth-order valence-corrected chi connectivity index (χ4v) is 4.82. The third kappa shape index (κ3) is 6.04. The number of sulfonamides is 1. The number of carbonyl (C=O) groups excluding carboxylic acids is 2. The molecule has 0 aliphatic carbocycles. The SMILES string of the molecule is C[C@H](NS(=O)(=O)c1ccccc1F)C(=O)N1CCN(CC(=O)Nc2ccccc2Cl)CC1. The zero-order valence-corrected chi connectivity index (χ0v) is 19.0. The first-order valence-electron chi connectivity index (χ1n) is 10.00. The molecule has 0 aromatic heterocycles. The van der Waals surface area contributed by atoms with Crippen LogP contribution in [0.2, 0.25) is 5.02 Å². The molecule has 1 fully saturated rings. The zero-order valence-electron chi connectivity index (χ0n) is 17.4. The fourth-order valence-electron chi connectivity index (χ4n) is 3.36. The number of rotatable bonds is 7. The highest BCUT2D eigenvalue weighted by molar-refractivity contribution is 7.89. The van der Waals surface area contributed by atoms with Crippen LogP contribution in [-0.2, 0) is 19.6 Å². The average molecular weight is 483 g/mol. The fraction of sp³-hybridized carbons (Fsp3) is 0.333. The molecule has 0 saturated carbocycles. The summed E-state index contributed by atoms with van der Waals surface area (Å²) < 4.78 is 40.9. The molecule has 0 spiro atoms. The third-order valence-corrected chi connectivity index (χ3v) is 6.93. The van der Waals surface area contributed by atoms with Gasteiger partial charge >= 0.3 is 0 Å². The Labute approximate surface area is 191 Å². The second kappa shape index (κ2) is 10.4. The van der Waals surface area contributed by atoms with Gasteiger partial charge in [-0.15, -0.1) is 0 Å². The summed E-state index contributed by atoms with van der Waals surface area (Å²) in [4.78, 5) is 27.9. The molecule has 2 aromatic rings. The Morgan fingerprint density at radius 1 is 1.06 bits per heavy atom. The second-order valence-electron chi connectivity index (χ2n) is 7.40. The second-order valence-corrected chi connectivity index (χ2v) is 9.49. The molecule has 1 heterocycles. The highest BCUT2D eigenvalue weighted by Gasteiger charge is 2.29. The van der Waals surface area contributed by atoms with Crippen molar-refractivity contribution in [3.05, 3.63) is 59.4 Å². The van der Waals surface area contributed by atoms with E-state index in [1.54, 1.807) is 24.3 Å². The molecule has 0 bridgehead atoms. The van der Waals surface area contributed by atoms with Crippen LogP contribution >= 0.6 is 11.6 Å². The molecule has 1 saturated heterocycles. The van der Waals surface area contributed by atoms with Crippen molar-refractivity contribution in [2.75, 3.05) is 38.0 Å². The van der Waals surface area contributed by atoms with Gasteiger partial charge in [-0.25, -0.2) is 12.8 Å². The molecule has 2 aromatic carbocycles. The van der Waals surface area contributed by atoms with Gasteiger partial charge in [0.2, 0.25) is 21.8 Å². The first kappa shape index (κ1) is 24.1. The molecule has 3 rings (SSSR count). The van der Waals surface area contributed by atoms with E-state index in [1.165, 1.54) is 24.0 Å². The van der Waals surface area contributed by atoms with Crippen LogP contribution in [0.15, 0.2) is 53.4 Å². The lowest BCUT2D eigenvalue weighted by Crippen LogP contribution is -2.55. The summed E-state index contributed by atoms with van der Waals surface area (Å²) in [5.74, 6) is -1.52. The van der Waals surface area contributed by atoms with Gasteiger partial charge in [-0.05, 0) is 31.2 Å². The summed E-state index contributed by atoms with van der Waals surface area (Å²) >= 11 is 6.05. The van der Waals surface area contributed by atoms with Gasteiger partial charge in [0.1, 0.15) is 10.7 Å². The summed E-state index contributed by atoms with van der Waals surface area (Å²) in [6, 6.07) is 10.9. The van der Waals surface area contributed by atoms with Gasteiger partial charge in [0.25, 0.3) is 0 Å². The van der Waals surface area contributed by atoms with E-state index in [0.29, 0.717) is 36.9 Å². The number of halogens is 2. The molecule has 1 atom stereocenters. The van der Waals surface area contributed by atoms with Crippen molar-refractivity contribution in [3.8, 4) is 0 Å². The maximum atomic E-state index is 13.8. The van der Waals surface area contributed by atoms with E-state index in [-0.39, 0.29) is 12.5 Å². The Morgan fingerprint density at radius 3 is 2.34 bits per heavy atom. The number of benzene rings is 2. The number of hydrogen-bond donors (Lipinski definition) is 2. The van der Waals surface area contributed by atoms with E-state index in [0.717, 1.165) is 12.1 Å². The van der Waals surface area contributed by atoms with Crippen molar-refractivity contribution in [1.29, 1.82) is 0 Å². The number of para-hydroxylation sites is 1. The molecule has 2 N–H and O–H groups in total. The van der Waals surface area contributed by atoms with Crippen LogP contribution in [0.3, 0.4) is 0 Å². The van der Waals surface area contributed by atoms with Crippen LogP contribution in [-0.4, -0.2) is 68.8 Å². The Morgan fingerprint density at radius 2 is 1.69 bits per heavy atom. The quantitative estimate of drug-likeness (QED) is 0.628. The lowest BCUT2D eigenvalue weighted by Gasteiger charge is -2.35. The number of nitrogens with zero attached hydrogens (tertiary/aromatic N) is 2. The molecule has 1 aliphatic rings. The monoisotopic (exact) mass is 482 g/mol. The Bertz CT molecular complexity index is 1090. The predicted molar refractivity (Wildman–Crippen MR) is 119 cm³/mol.